The number of morpholine rings is 1. The van der Waals surface area contributed by atoms with E-state index in [1.807, 2.05) is 35.2 Å². The molecule has 27 heavy (non-hydrogen) atoms. The van der Waals surface area contributed by atoms with Crippen LogP contribution >= 0.6 is 0 Å². The SMILES string of the molecule is Cn1cncc1C(=O)N1CCOC2(CCCCN(c3ccccc3)C2=O)C1. The molecule has 2 fully saturated rings. The average molecular weight is 368 g/mol. The lowest BCUT2D eigenvalue weighted by Crippen LogP contribution is -2.61. The van der Waals surface area contributed by atoms with Crippen molar-refractivity contribution in [2.24, 2.45) is 7.05 Å². The molecule has 1 atom stereocenters. The van der Waals surface area contributed by atoms with Crippen LogP contribution in [0.5, 0.6) is 0 Å². The van der Waals surface area contributed by atoms with Crippen molar-refractivity contribution in [2.75, 3.05) is 31.1 Å². The fraction of sp³-hybridized carbons (Fsp3) is 0.450. The minimum absolute atomic E-state index is 0.0475. The Kier molecular flexibility index (Phi) is 4.70. The van der Waals surface area contributed by atoms with Gasteiger partial charge in [-0.2, -0.15) is 0 Å². The zero-order valence-corrected chi connectivity index (χ0v) is 15.5. The Morgan fingerprint density at radius 2 is 2.00 bits per heavy atom. The number of carbonyl (C=O) groups is 2. The minimum atomic E-state index is -0.973. The molecule has 2 aliphatic rings. The highest BCUT2D eigenvalue weighted by Gasteiger charge is 2.48. The zero-order valence-electron chi connectivity index (χ0n) is 15.5. The monoisotopic (exact) mass is 368 g/mol. The summed E-state index contributed by atoms with van der Waals surface area (Å²) in [5.41, 5.74) is 0.425. The van der Waals surface area contributed by atoms with E-state index in [4.69, 9.17) is 4.74 Å². The fourth-order valence-corrected chi connectivity index (χ4v) is 3.95. The second-order valence-corrected chi connectivity index (χ2v) is 7.21. The Morgan fingerprint density at radius 1 is 1.19 bits per heavy atom. The molecule has 2 aromatic rings. The molecule has 1 aromatic heterocycles. The highest BCUT2D eigenvalue weighted by atomic mass is 16.5. The maximum atomic E-state index is 13.5. The lowest BCUT2D eigenvalue weighted by atomic mass is 9.93. The van der Waals surface area contributed by atoms with Crippen molar-refractivity contribution in [1.82, 2.24) is 14.5 Å². The first-order chi connectivity index (χ1) is 13.1. The summed E-state index contributed by atoms with van der Waals surface area (Å²) in [6, 6.07) is 9.68. The van der Waals surface area contributed by atoms with E-state index in [0.717, 1.165) is 18.5 Å². The molecule has 2 aliphatic heterocycles. The molecule has 7 heteroatoms. The van der Waals surface area contributed by atoms with E-state index in [1.165, 1.54) is 0 Å². The highest BCUT2D eigenvalue weighted by molar-refractivity contribution is 6.01. The lowest BCUT2D eigenvalue weighted by molar-refractivity contribution is -0.155. The van der Waals surface area contributed by atoms with E-state index in [2.05, 4.69) is 4.98 Å². The van der Waals surface area contributed by atoms with Crippen molar-refractivity contribution < 1.29 is 14.3 Å². The first kappa shape index (κ1) is 17.7. The Morgan fingerprint density at radius 3 is 2.74 bits per heavy atom. The van der Waals surface area contributed by atoms with Crippen LogP contribution in [0.15, 0.2) is 42.9 Å². The summed E-state index contributed by atoms with van der Waals surface area (Å²) in [5.74, 6) is -0.158. The van der Waals surface area contributed by atoms with E-state index in [9.17, 15) is 9.59 Å². The number of carbonyl (C=O) groups excluding carboxylic acids is 2. The summed E-state index contributed by atoms with van der Waals surface area (Å²) in [7, 11) is 1.80. The lowest BCUT2D eigenvalue weighted by Gasteiger charge is -2.42. The summed E-state index contributed by atoms with van der Waals surface area (Å²) in [5, 5.41) is 0. The van der Waals surface area contributed by atoms with Crippen LogP contribution in [0.3, 0.4) is 0 Å². The van der Waals surface area contributed by atoms with Crippen LogP contribution in [0, 0.1) is 0 Å². The van der Waals surface area contributed by atoms with E-state index in [0.29, 0.717) is 31.8 Å². The first-order valence-corrected chi connectivity index (χ1v) is 9.37. The second-order valence-electron chi connectivity index (χ2n) is 7.21. The fourth-order valence-electron chi connectivity index (χ4n) is 3.95. The molecule has 0 saturated carbocycles. The van der Waals surface area contributed by atoms with Gasteiger partial charge in [0.05, 0.1) is 25.7 Å². The number of amides is 2. The molecule has 1 spiro atoms. The van der Waals surface area contributed by atoms with Crippen molar-refractivity contribution in [3.8, 4) is 0 Å². The highest BCUT2D eigenvalue weighted by Crippen LogP contribution is 2.32. The molecule has 1 unspecified atom stereocenters. The van der Waals surface area contributed by atoms with Crippen LogP contribution in [-0.2, 0) is 16.6 Å². The number of aromatic nitrogens is 2. The van der Waals surface area contributed by atoms with E-state index >= 15 is 0 Å². The van der Waals surface area contributed by atoms with Gasteiger partial charge in [-0.25, -0.2) is 4.98 Å². The van der Waals surface area contributed by atoms with Crippen molar-refractivity contribution in [3.63, 3.8) is 0 Å². The van der Waals surface area contributed by atoms with Gasteiger partial charge >= 0.3 is 0 Å². The van der Waals surface area contributed by atoms with E-state index in [1.54, 1.807) is 29.0 Å². The van der Waals surface area contributed by atoms with Crippen molar-refractivity contribution in [2.45, 2.75) is 24.9 Å². The van der Waals surface area contributed by atoms with Gasteiger partial charge in [-0.1, -0.05) is 18.2 Å². The molecule has 0 bridgehead atoms. The molecule has 0 N–H and O–H groups in total. The van der Waals surface area contributed by atoms with Gasteiger partial charge in [0, 0.05) is 25.8 Å². The van der Waals surface area contributed by atoms with Gasteiger partial charge < -0.3 is 19.1 Å². The average Bonchev–Trinajstić information content (AvgIpc) is 3.07. The van der Waals surface area contributed by atoms with Crippen LogP contribution < -0.4 is 4.90 Å². The summed E-state index contributed by atoms with van der Waals surface area (Å²) in [6.07, 6.45) is 5.61. The number of hydrogen-bond donors (Lipinski definition) is 0. The normalized spacial score (nSPS) is 23.5. The Balaban J connectivity index is 1.61. The molecule has 142 valence electrons. The number of para-hydroxylation sites is 1. The van der Waals surface area contributed by atoms with Crippen LogP contribution in [0.4, 0.5) is 5.69 Å². The largest absolute Gasteiger partial charge is 0.361 e. The van der Waals surface area contributed by atoms with Crippen molar-refractivity contribution >= 4 is 17.5 Å². The molecule has 0 radical (unpaired) electrons. The number of rotatable bonds is 2. The van der Waals surface area contributed by atoms with Gasteiger partial charge in [-0.15, -0.1) is 0 Å². The standard InChI is InChI=1S/C20H24N4O3/c1-22-15-21-13-17(22)18(25)23-11-12-27-20(14-23)9-5-6-10-24(19(20)26)16-7-3-2-4-8-16/h2-4,7-8,13,15H,5-6,9-12,14H2,1H3. The number of benzene rings is 1. The molecule has 3 heterocycles. The van der Waals surface area contributed by atoms with E-state index in [-0.39, 0.29) is 18.4 Å². The molecule has 0 aliphatic carbocycles. The number of anilines is 1. The van der Waals surface area contributed by atoms with Gasteiger partial charge in [-0.05, 0) is 31.4 Å². The minimum Gasteiger partial charge on any atom is -0.361 e. The molecule has 2 amide bonds. The maximum Gasteiger partial charge on any atom is 0.272 e. The van der Waals surface area contributed by atoms with Crippen molar-refractivity contribution in [1.29, 1.82) is 0 Å². The van der Waals surface area contributed by atoms with Crippen LogP contribution in [0.1, 0.15) is 29.8 Å². The topological polar surface area (TPSA) is 67.7 Å². The Bertz CT molecular complexity index is 835. The van der Waals surface area contributed by atoms with Gasteiger partial charge in [0.1, 0.15) is 5.69 Å². The number of ether oxygens (including phenoxy) is 1. The summed E-state index contributed by atoms with van der Waals surface area (Å²) in [6.45, 7) is 1.78. The van der Waals surface area contributed by atoms with Crippen LogP contribution in [0.2, 0.25) is 0 Å². The van der Waals surface area contributed by atoms with Crippen LogP contribution in [-0.4, -0.2) is 58.1 Å². The molecule has 2 saturated heterocycles. The maximum absolute atomic E-state index is 13.5. The third-order valence-corrected chi connectivity index (χ3v) is 5.42. The Hall–Kier alpha value is -2.67. The Labute approximate surface area is 158 Å². The summed E-state index contributed by atoms with van der Waals surface area (Å²) >= 11 is 0. The zero-order chi connectivity index (χ0) is 18.9. The first-order valence-electron chi connectivity index (χ1n) is 9.37. The van der Waals surface area contributed by atoms with Crippen molar-refractivity contribution in [3.05, 3.63) is 48.5 Å². The van der Waals surface area contributed by atoms with Gasteiger partial charge in [0.25, 0.3) is 11.8 Å². The number of aryl methyl sites for hydroxylation is 1. The molecule has 1 aromatic carbocycles. The van der Waals surface area contributed by atoms with Crippen LogP contribution in [0.25, 0.3) is 0 Å². The smallest absolute Gasteiger partial charge is 0.272 e. The van der Waals surface area contributed by atoms with Gasteiger partial charge in [0.2, 0.25) is 0 Å². The molecule has 7 nitrogen and oxygen atoms in total. The third kappa shape index (κ3) is 3.23. The number of hydrogen-bond acceptors (Lipinski definition) is 4. The summed E-state index contributed by atoms with van der Waals surface area (Å²) in [4.78, 5) is 34.0. The molecular weight excluding hydrogens is 344 g/mol. The molecular formula is C20H24N4O3. The van der Waals surface area contributed by atoms with E-state index < -0.39 is 5.60 Å². The molecule has 4 rings (SSSR count). The quantitative estimate of drug-likeness (QED) is 0.811. The second kappa shape index (κ2) is 7.15. The predicted octanol–water partition coefficient (Wildman–Crippen LogP) is 1.85. The predicted molar refractivity (Wildman–Crippen MR) is 100 cm³/mol. The third-order valence-electron chi connectivity index (χ3n) is 5.42. The van der Waals surface area contributed by atoms with Gasteiger partial charge in [0.15, 0.2) is 5.60 Å². The number of imidazole rings is 1. The summed E-state index contributed by atoms with van der Waals surface area (Å²) < 4.78 is 7.77. The number of nitrogens with zero attached hydrogens (tertiary/aromatic N) is 4. The van der Waals surface area contributed by atoms with Gasteiger partial charge in [-0.3, -0.25) is 9.59 Å².